The lowest BCUT2D eigenvalue weighted by Crippen LogP contribution is -2.38. The van der Waals surface area contributed by atoms with Gasteiger partial charge in [-0.3, -0.25) is 14.4 Å². The van der Waals surface area contributed by atoms with Crippen LogP contribution in [-0.4, -0.2) is 42.3 Å². The van der Waals surface area contributed by atoms with E-state index in [1.165, 1.54) is 0 Å². The van der Waals surface area contributed by atoms with Crippen LogP contribution >= 0.6 is 0 Å². The molecule has 6 nitrogen and oxygen atoms in total. The first-order valence-electron chi connectivity index (χ1n) is 10.0. The number of carbonyl (C=O) groups is 3. The molecule has 1 heterocycles. The van der Waals surface area contributed by atoms with Crippen LogP contribution in [0.1, 0.15) is 24.0 Å². The van der Waals surface area contributed by atoms with E-state index < -0.39 is 0 Å². The highest BCUT2D eigenvalue weighted by molar-refractivity contribution is 5.89. The maximum Gasteiger partial charge on any atom is 0.225 e. The standard InChI is InChI=1S/C23H27N3O3/c27-21(12-11-18-7-3-1-4-8-18)24-13-14-25-23(29)20-15-22(28)26(17-20)16-19-9-5-2-6-10-19/h1-10,20H,11-17H2,(H,24,27)(H,25,29). The minimum absolute atomic E-state index is 0.00298. The largest absolute Gasteiger partial charge is 0.354 e. The fourth-order valence-electron chi connectivity index (χ4n) is 3.43. The zero-order valence-electron chi connectivity index (χ0n) is 16.5. The van der Waals surface area contributed by atoms with Gasteiger partial charge in [-0.2, -0.15) is 0 Å². The molecule has 1 fully saturated rings. The average molecular weight is 393 g/mol. The van der Waals surface area contributed by atoms with Gasteiger partial charge >= 0.3 is 0 Å². The zero-order chi connectivity index (χ0) is 20.5. The first-order valence-corrected chi connectivity index (χ1v) is 10.0. The first-order chi connectivity index (χ1) is 14.1. The van der Waals surface area contributed by atoms with E-state index in [9.17, 15) is 14.4 Å². The van der Waals surface area contributed by atoms with E-state index in [1.807, 2.05) is 60.7 Å². The van der Waals surface area contributed by atoms with Crippen molar-refractivity contribution in [3.8, 4) is 0 Å². The Balaban J connectivity index is 1.32. The van der Waals surface area contributed by atoms with Crippen LogP contribution in [0, 0.1) is 5.92 Å². The van der Waals surface area contributed by atoms with Crippen molar-refractivity contribution in [3.63, 3.8) is 0 Å². The highest BCUT2D eigenvalue weighted by atomic mass is 16.2. The Morgan fingerprint density at radius 3 is 2.21 bits per heavy atom. The summed E-state index contributed by atoms with van der Waals surface area (Å²) in [5, 5.41) is 5.64. The van der Waals surface area contributed by atoms with E-state index in [0.29, 0.717) is 39.0 Å². The number of hydrogen-bond donors (Lipinski definition) is 2. The molecule has 3 amide bonds. The van der Waals surface area contributed by atoms with Crippen LogP contribution in [0.25, 0.3) is 0 Å². The van der Waals surface area contributed by atoms with Gasteiger partial charge in [0.2, 0.25) is 17.7 Å². The normalized spacial score (nSPS) is 15.9. The Hall–Kier alpha value is -3.15. The number of amides is 3. The maximum absolute atomic E-state index is 12.3. The summed E-state index contributed by atoms with van der Waals surface area (Å²) in [6.45, 7) is 1.71. The highest BCUT2D eigenvalue weighted by Crippen LogP contribution is 2.20. The second kappa shape index (κ2) is 10.4. The van der Waals surface area contributed by atoms with Gasteiger partial charge in [0.25, 0.3) is 0 Å². The number of carbonyl (C=O) groups excluding carboxylic acids is 3. The molecule has 2 aromatic rings. The van der Waals surface area contributed by atoms with Gasteiger partial charge in [0.15, 0.2) is 0 Å². The van der Waals surface area contributed by atoms with Gasteiger partial charge in [0.1, 0.15) is 0 Å². The van der Waals surface area contributed by atoms with Gasteiger partial charge in [-0.15, -0.1) is 0 Å². The van der Waals surface area contributed by atoms with Crippen molar-refractivity contribution in [2.75, 3.05) is 19.6 Å². The molecule has 0 aliphatic carbocycles. The lowest BCUT2D eigenvalue weighted by atomic mass is 10.1. The topological polar surface area (TPSA) is 78.5 Å². The molecule has 1 saturated heterocycles. The number of benzene rings is 2. The number of nitrogens with zero attached hydrogens (tertiary/aromatic N) is 1. The fraction of sp³-hybridized carbons (Fsp3) is 0.348. The van der Waals surface area contributed by atoms with Gasteiger partial charge in [-0.25, -0.2) is 0 Å². The molecule has 152 valence electrons. The Morgan fingerprint density at radius 1 is 0.897 bits per heavy atom. The van der Waals surface area contributed by atoms with Crippen molar-refractivity contribution in [2.24, 2.45) is 5.92 Å². The molecule has 3 rings (SSSR count). The van der Waals surface area contributed by atoms with Gasteiger partial charge < -0.3 is 15.5 Å². The molecule has 0 bridgehead atoms. The summed E-state index contributed by atoms with van der Waals surface area (Å²) in [5.41, 5.74) is 2.18. The second-order valence-electron chi connectivity index (χ2n) is 7.29. The molecule has 2 N–H and O–H groups in total. The van der Waals surface area contributed by atoms with Gasteiger partial charge in [-0.1, -0.05) is 60.7 Å². The SMILES string of the molecule is O=C(CCc1ccccc1)NCCNC(=O)C1CC(=O)N(Cc2ccccc2)C1. The van der Waals surface area contributed by atoms with Crippen molar-refractivity contribution in [1.82, 2.24) is 15.5 Å². The maximum atomic E-state index is 12.3. The summed E-state index contributed by atoms with van der Waals surface area (Å²) in [7, 11) is 0. The molecule has 1 aliphatic rings. The average Bonchev–Trinajstić information content (AvgIpc) is 3.11. The van der Waals surface area contributed by atoms with Crippen LogP contribution in [0.5, 0.6) is 0 Å². The Morgan fingerprint density at radius 2 is 1.52 bits per heavy atom. The van der Waals surface area contributed by atoms with E-state index >= 15 is 0 Å². The van der Waals surface area contributed by atoms with Crippen molar-refractivity contribution in [2.45, 2.75) is 25.8 Å². The molecule has 29 heavy (non-hydrogen) atoms. The fourth-order valence-corrected chi connectivity index (χ4v) is 3.43. The summed E-state index contributed by atoms with van der Waals surface area (Å²) in [4.78, 5) is 38.2. The molecular weight excluding hydrogens is 366 g/mol. The predicted octanol–water partition coefficient (Wildman–Crippen LogP) is 1.90. The first kappa shape index (κ1) is 20.6. The van der Waals surface area contributed by atoms with Crippen molar-refractivity contribution in [1.29, 1.82) is 0 Å². The second-order valence-corrected chi connectivity index (χ2v) is 7.29. The monoisotopic (exact) mass is 393 g/mol. The van der Waals surface area contributed by atoms with Crippen LogP contribution in [0.3, 0.4) is 0 Å². The summed E-state index contributed by atoms with van der Waals surface area (Å²) in [6, 6.07) is 19.6. The summed E-state index contributed by atoms with van der Waals surface area (Å²) >= 11 is 0. The van der Waals surface area contributed by atoms with Gasteiger partial charge in [0.05, 0.1) is 5.92 Å². The Bertz CT molecular complexity index is 824. The molecule has 0 aromatic heterocycles. The minimum Gasteiger partial charge on any atom is -0.354 e. The predicted molar refractivity (Wildman–Crippen MR) is 111 cm³/mol. The highest BCUT2D eigenvalue weighted by Gasteiger charge is 2.33. The number of hydrogen-bond acceptors (Lipinski definition) is 3. The molecule has 1 aliphatic heterocycles. The van der Waals surface area contributed by atoms with Crippen LogP contribution < -0.4 is 10.6 Å². The molecule has 0 radical (unpaired) electrons. The number of nitrogens with one attached hydrogen (secondary N) is 2. The van der Waals surface area contributed by atoms with Gasteiger partial charge in [0, 0.05) is 39.0 Å². The van der Waals surface area contributed by atoms with Crippen LogP contribution in [0.15, 0.2) is 60.7 Å². The molecule has 0 saturated carbocycles. The van der Waals surface area contributed by atoms with E-state index in [0.717, 1.165) is 11.1 Å². The van der Waals surface area contributed by atoms with Crippen molar-refractivity contribution < 1.29 is 14.4 Å². The molecule has 1 unspecified atom stereocenters. The van der Waals surface area contributed by atoms with Crippen molar-refractivity contribution >= 4 is 17.7 Å². The minimum atomic E-state index is -0.333. The molecule has 1 atom stereocenters. The van der Waals surface area contributed by atoms with Crippen LogP contribution in [0.2, 0.25) is 0 Å². The van der Waals surface area contributed by atoms with Crippen LogP contribution in [-0.2, 0) is 27.3 Å². The molecule has 2 aromatic carbocycles. The number of rotatable bonds is 9. The summed E-state index contributed by atoms with van der Waals surface area (Å²) in [5.74, 6) is -0.496. The molecular formula is C23H27N3O3. The third-order valence-corrected chi connectivity index (χ3v) is 5.03. The molecule has 0 spiro atoms. The van der Waals surface area contributed by atoms with E-state index in [4.69, 9.17) is 0 Å². The third kappa shape index (κ3) is 6.45. The lowest BCUT2D eigenvalue weighted by molar-refractivity contribution is -0.129. The van der Waals surface area contributed by atoms with E-state index in [-0.39, 0.29) is 30.1 Å². The smallest absolute Gasteiger partial charge is 0.225 e. The quantitative estimate of drug-likeness (QED) is 0.639. The van der Waals surface area contributed by atoms with E-state index in [1.54, 1.807) is 4.90 Å². The summed E-state index contributed by atoms with van der Waals surface area (Å²) < 4.78 is 0. The van der Waals surface area contributed by atoms with Gasteiger partial charge in [-0.05, 0) is 17.5 Å². The van der Waals surface area contributed by atoms with Crippen LogP contribution in [0.4, 0.5) is 0 Å². The number of likely N-dealkylation sites (tertiary alicyclic amines) is 1. The lowest BCUT2D eigenvalue weighted by Gasteiger charge is -2.16. The van der Waals surface area contributed by atoms with E-state index in [2.05, 4.69) is 10.6 Å². The number of aryl methyl sites for hydroxylation is 1. The molecule has 6 heteroatoms. The Labute approximate surface area is 171 Å². The summed E-state index contributed by atoms with van der Waals surface area (Å²) in [6.07, 6.45) is 1.35. The Kier molecular flexibility index (Phi) is 7.39. The zero-order valence-corrected chi connectivity index (χ0v) is 16.5. The van der Waals surface area contributed by atoms with Crippen molar-refractivity contribution in [3.05, 3.63) is 71.8 Å². The third-order valence-electron chi connectivity index (χ3n) is 5.03.